The molecule has 1 aromatic rings. The van der Waals surface area contributed by atoms with Crippen LogP contribution in [0.15, 0.2) is 16.6 Å². The molecule has 0 aliphatic rings. The Balaban J connectivity index is 3.03. The average Bonchev–Trinajstić information content (AvgIpc) is 2.20. The van der Waals surface area contributed by atoms with Gasteiger partial charge in [-0.3, -0.25) is 0 Å². The molecular formula is C13H19BBrFO3. The van der Waals surface area contributed by atoms with Crippen LogP contribution in [0.1, 0.15) is 33.3 Å². The minimum atomic E-state index is -1.44. The molecule has 0 atom stereocenters. The highest BCUT2D eigenvalue weighted by atomic mass is 79.9. The molecule has 1 aromatic carbocycles. The molecule has 3 nitrogen and oxygen atoms in total. The van der Waals surface area contributed by atoms with Crippen LogP contribution in [0.25, 0.3) is 0 Å². The van der Waals surface area contributed by atoms with Crippen LogP contribution in [0, 0.1) is 12.7 Å². The standard InChI is InChI=1S/C13H19BBrFO3/c1-8-6-9(11(16)7-10(8)15)14(18)19-13(4,5)12(2,3)17/h6-7,17-18H,1-5H3. The van der Waals surface area contributed by atoms with Crippen LogP contribution in [-0.4, -0.2) is 28.5 Å². The number of hydrogen-bond donors (Lipinski definition) is 2. The summed E-state index contributed by atoms with van der Waals surface area (Å²) in [5.74, 6) is -0.559. The summed E-state index contributed by atoms with van der Waals surface area (Å²) in [5, 5.41) is 20.0. The lowest BCUT2D eigenvalue weighted by molar-refractivity contribution is -0.0983. The zero-order valence-corrected chi connectivity index (χ0v) is 13.4. The second-order valence-corrected chi connectivity index (χ2v) is 6.52. The minimum absolute atomic E-state index is 0.0537. The van der Waals surface area contributed by atoms with Gasteiger partial charge in [-0.2, -0.15) is 0 Å². The van der Waals surface area contributed by atoms with Gasteiger partial charge in [-0.05, 0) is 46.2 Å². The molecule has 19 heavy (non-hydrogen) atoms. The highest BCUT2D eigenvalue weighted by Gasteiger charge is 2.40. The zero-order chi connectivity index (χ0) is 15.0. The van der Waals surface area contributed by atoms with E-state index in [4.69, 9.17) is 4.65 Å². The molecule has 0 saturated heterocycles. The summed E-state index contributed by atoms with van der Waals surface area (Å²) in [7, 11) is -1.44. The van der Waals surface area contributed by atoms with Crippen molar-refractivity contribution in [3.63, 3.8) is 0 Å². The van der Waals surface area contributed by atoms with Crippen LogP contribution >= 0.6 is 15.9 Å². The smallest absolute Gasteiger partial charge is 0.423 e. The fourth-order valence-electron chi connectivity index (χ4n) is 1.36. The van der Waals surface area contributed by atoms with E-state index in [0.717, 1.165) is 5.56 Å². The molecule has 0 saturated carbocycles. The maximum absolute atomic E-state index is 13.8. The average molecular weight is 333 g/mol. The molecule has 0 amide bonds. The van der Waals surface area contributed by atoms with Gasteiger partial charge in [-0.25, -0.2) is 4.39 Å². The first-order valence-corrected chi connectivity index (χ1v) is 6.79. The quantitative estimate of drug-likeness (QED) is 0.831. The number of hydrogen-bond acceptors (Lipinski definition) is 3. The number of aryl methyl sites for hydroxylation is 1. The Kier molecular flexibility index (Phi) is 4.83. The predicted octanol–water partition coefficient (Wildman–Crippen LogP) is 2.15. The van der Waals surface area contributed by atoms with E-state index in [-0.39, 0.29) is 5.46 Å². The summed E-state index contributed by atoms with van der Waals surface area (Å²) in [6, 6.07) is 2.80. The van der Waals surface area contributed by atoms with Gasteiger partial charge in [0.15, 0.2) is 0 Å². The second-order valence-electron chi connectivity index (χ2n) is 5.66. The lowest BCUT2D eigenvalue weighted by Gasteiger charge is -2.38. The molecule has 0 aromatic heterocycles. The molecule has 0 aliphatic carbocycles. The van der Waals surface area contributed by atoms with Crippen LogP contribution in [0.5, 0.6) is 0 Å². The van der Waals surface area contributed by atoms with E-state index in [1.54, 1.807) is 34.6 Å². The first-order valence-electron chi connectivity index (χ1n) is 5.99. The van der Waals surface area contributed by atoms with Crippen LogP contribution in [0.3, 0.4) is 0 Å². The van der Waals surface area contributed by atoms with E-state index in [2.05, 4.69) is 15.9 Å². The Labute approximate surface area is 122 Å². The minimum Gasteiger partial charge on any atom is -0.423 e. The van der Waals surface area contributed by atoms with Crippen molar-refractivity contribution in [3.05, 3.63) is 28.0 Å². The summed E-state index contributed by atoms with van der Waals surface area (Å²) in [5.41, 5.74) is -1.35. The van der Waals surface area contributed by atoms with Gasteiger partial charge in [0, 0.05) is 9.94 Å². The van der Waals surface area contributed by atoms with Gasteiger partial charge in [-0.1, -0.05) is 22.0 Å². The Morgan fingerprint density at radius 2 is 1.79 bits per heavy atom. The van der Waals surface area contributed by atoms with E-state index >= 15 is 0 Å². The molecule has 6 heteroatoms. The monoisotopic (exact) mass is 332 g/mol. The van der Waals surface area contributed by atoms with Gasteiger partial charge in [-0.15, -0.1) is 0 Å². The summed E-state index contributed by atoms with van der Waals surface area (Å²) in [6.45, 7) is 8.21. The first-order chi connectivity index (χ1) is 8.45. The van der Waals surface area contributed by atoms with E-state index in [1.165, 1.54) is 12.1 Å². The maximum atomic E-state index is 13.8. The highest BCUT2D eigenvalue weighted by Crippen LogP contribution is 2.25. The van der Waals surface area contributed by atoms with Crippen molar-refractivity contribution in [1.82, 2.24) is 0 Å². The molecule has 0 aliphatic heterocycles. The number of halogens is 2. The Morgan fingerprint density at radius 3 is 2.26 bits per heavy atom. The van der Waals surface area contributed by atoms with Crippen molar-refractivity contribution in [1.29, 1.82) is 0 Å². The fraction of sp³-hybridized carbons (Fsp3) is 0.538. The van der Waals surface area contributed by atoms with Gasteiger partial charge in [0.2, 0.25) is 0 Å². The van der Waals surface area contributed by atoms with Crippen molar-refractivity contribution in [2.24, 2.45) is 0 Å². The van der Waals surface area contributed by atoms with Crippen LogP contribution in [-0.2, 0) is 4.65 Å². The first kappa shape index (κ1) is 16.6. The number of rotatable bonds is 4. The van der Waals surface area contributed by atoms with Crippen molar-refractivity contribution in [2.75, 3.05) is 0 Å². The summed E-state index contributed by atoms with van der Waals surface area (Å²) < 4.78 is 19.9. The Bertz CT molecular complexity index is 472. The Morgan fingerprint density at radius 1 is 1.26 bits per heavy atom. The topological polar surface area (TPSA) is 49.7 Å². The van der Waals surface area contributed by atoms with Crippen molar-refractivity contribution in [2.45, 2.75) is 45.8 Å². The molecule has 0 radical (unpaired) electrons. The maximum Gasteiger partial charge on any atom is 0.494 e. The fourth-order valence-corrected chi connectivity index (χ4v) is 1.67. The third kappa shape index (κ3) is 3.78. The highest BCUT2D eigenvalue weighted by molar-refractivity contribution is 9.10. The zero-order valence-electron chi connectivity index (χ0n) is 11.8. The number of benzene rings is 1. The summed E-state index contributed by atoms with van der Waals surface area (Å²) >= 11 is 3.22. The van der Waals surface area contributed by atoms with E-state index in [0.29, 0.717) is 4.47 Å². The molecule has 0 heterocycles. The largest absolute Gasteiger partial charge is 0.494 e. The van der Waals surface area contributed by atoms with Crippen LogP contribution in [0.4, 0.5) is 4.39 Å². The number of aliphatic hydroxyl groups is 1. The van der Waals surface area contributed by atoms with Crippen LogP contribution < -0.4 is 5.46 Å². The van der Waals surface area contributed by atoms with Crippen molar-refractivity contribution < 1.29 is 19.2 Å². The molecular weight excluding hydrogens is 314 g/mol. The summed E-state index contributed by atoms with van der Waals surface area (Å²) in [4.78, 5) is 0. The molecule has 0 bridgehead atoms. The molecule has 0 fully saturated rings. The summed E-state index contributed by atoms with van der Waals surface area (Å²) in [6.07, 6.45) is 0. The Hall–Kier alpha value is -0.425. The van der Waals surface area contributed by atoms with Crippen molar-refractivity contribution >= 4 is 28.5 Å². The van der Waals surface area contributed by atoms with E-state index in [9.17, 15) is 14.5 Å². The van der Waals surface area contributed by atoms with Crippen molar-refractivity contribution in [3.8, 4) is 0 Å². The molecule has 106 valence electrons. The van der Waals surface area contributed by atoms with Gasteiger partial charge in [0.05, 0.1) is 11.2 Å². The van der Waals surface area contributed by atoms with Gasteiger partial charge >= 0.3 is 7.12 Å². The van der Waals surface area contributed by atoms with Gasteiger partial charge in [0.25, 0.3) is 0 Å². The molecule has 1 rings (SSSR count). The SMILES string of the molecule is Cc1cc(B(O)OC(C)(C)C(C)(C)O)c(F)cc1Br. The van der Waals surface area contributed by atoms with E-state index < -0.39 is 24.1 Å². The van der Waals surface area contributed by atoms with Gasteiger partial charge < -0.3 is 14.8 Å². The predicted molar refractivity (Wildman–Crippen MR) is 77.9 cm³/mol. The van der Waals surface area contributed by atoms with Gasteiger partial charge in [0.1, 0.15) is 5.82 Å². The third-order valence-electron chi connectivity index (χ3n) is 3.42. The molecule has 0 unspecified atom stereocenters. The third-order valence-corrected chi connectivity index (χ3v) is 4.28. The lowest BCUT2D eigenvalue weighted by Crippen LogP contribution is -2.53. The molecule has 2 N–H and O–H groups in total. The van der Waals surface area contributed by atoms with Crippen LogP contribution in [0.2, 0.25) is 0 Å². The lowest BCUT2D eigenvalue weighted by atomic mass is 9.75. The second kappa shape index (κ2) is 5.52. The molecule has 0 spiro atoms. The van der Waals surface area contributed by atoms with E-state index in [1.807, 2.05) is 0 Å². The normalized spacial score (nSPS) is 12.7.